The number of nitrogens with zero attached hydrogens (tertiary/aromatic N) is 5. The third-order valence-corrected chi connectivity index (χ3v) is 7.73. The Morgan fingerprint density at radius 2 is 2.06 bits per heavy atom. The number of aromatic nitrogens is 4. The number of alkyl halides is 3. The number of halogens is 5. The summed E-state index contributed by atoms with van der Waals surface area (Å²) in [7, 11) is 0. The van der Waals surface area contributed by atoms with Crippen molar-refractivity contribution in [2.24, 2.45) is 0 Å². The third kappa shape index (κ3) is 4.47. The van der Waals surface area contributed by atoms with Crippen LogP contribution in [0.4, 0.5) is 14.5 Å². The van der Waals surface area contributed by atoms with E-state index in [2.05, 4.69) is 32.2 Å². The summed E-state index contributed by atoms with van der Waals surface area (Å²) >= 11 is 14.6. The molecule has 3 aromatic rings. The second kappa shape index (κ2) is 9.68. The summed E-state index contributed by atoms with van der Waals surface area (Å²) in [6, 6.07) is 6.48. The second-order valence-electron chi connectivity index (χ2n) is 6.98. The summed E-state index contributed by atoms with van der Waals surface area (Å²) in [4.78, 5) is 14.4. The summed E-state index contributed by atoms with van der Waals surface area (Å²) in [6.45, 7) is 1.30. The molecule has 4 rings (SSSR count). The Kier molecular flexibility index (Phi) is 7.15. The lowest BCUT2D eigenvalue weighted by molar-refractivity contribution is 0.150. The Balaban J connectivity index is 1.67. The maximum Gasteiger partial charge on any atom is 0.291 e. The molecule has 31 heavy (non-hydrogen) atoms. The Morgan fingerprint density at radius 3 is 2.77 bits per heavy atom. The van der Waals surface area contributed by atoms with Crippen molar-refractivity contribution in [2.75, 3.05) is 11.4 Å². The predicted octanol–water partition coefficient (Wildman–Crippen LogP) is 5.17. The number of hydrogen-bond donors (Lipinski definition) is 0. The molecule has 1 unspecified atom stereocenters. The van der Waals surface area contributed by atoms with Gasteiger partial charge in [0.25, 0.3) is 12.0 Å². The van der Waals surface area contributed by atoms with Crippen molar-refractivity contribution < 1.29 is 8.78 Å². The van der Waals surface area contributed by atoms with Crippen LogP contribution < -0.4 is 10.5 Å². The molecule has 0 amide bonds. The summed E-state index contributed by atoms with van der Waals surface area (Å²) in [6.07, 6.45) is -0.173. The van der Waals surface area contributed by atoms with Crippen molar-refractivity contribution in [2.45, 2.75) is 31.8 Å². The van der Waals surface area contributed by atoms with E-state index >= 15 is 0 Å². The minimum Gasteiger partial charge on any atom is -0.364 e. The van der Waals surface area contributed by atoms with E-state index in [0.717, 1.165) is 11.3 Å². The van der Waals surface area contributed by atoms with E-state index in [9.17, 15) is 13.6 Å². The number of rotatable bonds is 6. The minimum absolute atomic E-state index is 0.00556. The SMILES string of the molecule is O=c1c(Cl)c(N2CCc3c(c(CCl)nn3Cc3ccccc3C(F)F)C2)cnn1PI. The average Bonchev–Trinajstić information content (AvgIpc) is 3.12. The van der Waals surface area contributed by atoms with Crippen molar-refractivity contribution in [3.8, 4) is 0 Å². The van der Waals surface area contributed by atoms with Crippen molar-refractivity contribution in [1.29, 1.82) is 0 Å². The fourth-order valence-electron chi connectivity index (χ4n) is 3.76. The zero-order chi connectivity index (χ0) is 22.1. The maximum absolute atomic E-state index is 13.4. The molecule has 3 heterocycles. The van der Waals surface area contributed by atoms with Crippen LogP contribution in [0.2, 0.25) is 5.02 Å². The van der Waals surface area contributed by atoms with Crippen molar-refractivity contribution in [1.82, 2.24) is 19.3 Å². The molecule has 0 saturated heterocycles. The van der Waals surface area contributed by atoms with Gasteiger partial charge in [-0.1, -0.05) is 35.9 Å². The largest absolute Gasteiger partial charge is 0.364 e. The average molecular weight is 598 g/mol. The molecular weight excluding hydrogens is 581 g/mol. The quantitative estimate of drug-likeness (QED) is 0.223. The van der Waals surface area contributed by atoms with E-state index in [-0.39, 0.29) is 34.9 Å². The molecule has 0 N–H and O–H groups in total. The number of hydrogen-bond acceptors (Lipinski definition) is 4. The van der Waals surface area contributed by atoms with E-state index in [1.807, 2.05) is 4.90 Å². The first-order valence-electron chi connectivity index (χ1n) is 9.33. The van der Waals surface area contributed by atoms with Gasteiger partial charge in [0.05, 0.1) is 36.4 Å². The third-order valence-electron chi connectivity index (χ3n) is 5.28. The minimum atomic E-state index is -2.55. The van der Waals surface area contributed by atoms with Gasteiger partial charge in [0, 0.05) is 36.3 Å². The van der Waals surface area contributed by atoms with Crippen LogP contribution in [0, 0.1) is 0 Å². The molecule has 1 atom stereocenters. The molecule has 0 bridgehead atoms. The number of benzene rings is 1. The lowest BCUT2D eigenvalue weighted by Gasteiger charge is -2.30. The Hall–Kier alpha value is -1.29. The summed E-state index contributed by atoms with van der Waals surface area (Å²) in [5.41, 5.74) is 3.37. The van der Waals surface area contributed by atoms with Gasteiger partial charge in [0.1, 0.15) is 5.02 Å². The Morgan fingerprint density at radius 1 is 1.29 bits per heavy atom. The van der Waals surface area contributed by atoms with Crippen LogP contribution in [0.25, 0.3) is 0 Å². The first kappa shape index (κ1) is 22.9. The van der Waals surface area contributed by atoms with E-state index in [4.69, 9.17) is 23.2 Å². The highest BCUT2D eigenvalue weighted by molar-refractivity contribution is 14.2. The molecule has 1 aliphatic heterocycles. The summed E-state index contributed by atoms with van der Waals surface area (Å²) in [5.74, 6) is 0.198. The molecule has 0 fully saturated rings. The zero-order valence-corrected chi connectivity index (χ0v) is 20.7. The van der Waals surface area contributed by atoms with Gasteiger partial charge in [-0.05, 0) is 27.6 Å². The lowest BCUT2D eigenvalue weighted by atomic mass is 10.0. The van der Waals surface area contributed by atoms with Crippen LogP contribution in [-0.4, -0.2) is 25.9 Å². The normalized spacial score (nSPS) is 14.1. The molecule has 164 valence electrons. The van der Waals surface area contributed by atoms with E-state index in [1.54, 1.807) is 29.1 Å². The van der Waals surface area contributed by atoms with Crippen molar-refractivity contribution in [3.63, 3.8) is 0 Å². The maximum atomic E-state index is 13.4. The zero-order valence-electron chi connectivity index (χ0n) is 16.0. The van der Waals surface area contributed by atoms with Gasteiger partial charge in [-0.15, -0.1) is 11.6 Å². The molecule has 1 aliphatic rings. The van der Waals surface area contributed by atoms with Crippen LogP contribution in [0.3, 0.4) is 0 Å². The van der Waals surface area contributed by atoms with Gasteiger partial charge in [0.15, 0.2) is 0 Å². The monoisotopic (exact) mass is 597 g/mol. The van der Waals surface area contributed by atoms with Crippen molar-refractivity contribution in [3.05, 3.63) is 73.9 Å². The molecule has 12 heteroatoms. The van der Waals surface area contributed by atoms with Crippen LogP contribution in [0.15, 0.2) is 35.3 Å². The molecule has 0 saturated carbocycles. The predicted molar refractivity (Wildman–Crippen MR) is 128 cm³/mol. The molecule has 0 spiro atoms. The van der Waals surface area contributed by atoms with Gasteiger partial charge >= 0.3 is 0 Å². The molecule has 6 nitrogen and oxygen atoms in total. The smallest absolute Gasteiger partial charge is 0.291 e. The molecule has 0 radical (unpaired) electrons. The summed E-state index contributed by atoms with van der Waals surface area (Å²) < 4.78 is 29.9. The highest BCUT2D eigenvalue weighted by Gasteiger charge is 2.27. The fraction of sp³-hybridized carbons (Fsp3) is 0.316. The van der Waals surface area contributed by atoms with Gasteiger partial charge in [-0.2, -0.15) is 10.2 Å². The topological polar surface area (TPSA) is 56.0 Å². The van der Waals surface area contributed by atoms with Crippen molar-refractivity contribution >= 4 is 57.3 Å². The first-order chi connectivity index (χ1) is 14.9. The van der Waals surface area contributed by atoms with Crippen LogP contribution in [0.1, 0.15) is 34.5 Å². The lowest BCUT2D eigenvalue weighted by Crippen LogP contribution is -2.33. The number of anilines is 1. The van der Waals surface area contributed by atoms with Gasteiger partial charge < -0.3 is 4.90 Å². The Labute approximate surface area is 201 Å². The van der Waals surface area contributed by atoms with Gasteiger partial charge in [0.2, 0.25) is 0 Å². The van der Waals surface area contributed by atoms with E-state index in [1.165, 1.54) is 10.5 Å². The van der Waals surface area contributed by atoms with Gasteiger partial charge in [-0.25, -0.2) is 13.2 Å². The second-order valence-corrected chi connectivity index (χ2v) is 9.66. The molecular formula is C19H17Cl2F2IN5OP. The van der Waals surface area contributed by atoms with E-state index < -0.39 is 6.43 Å². The molecule has 1 aromatic carbocycles. The first-order valence-corrected chi connectivity index (χ1v) is 14.3. The van der Waals surface area contributed by atoms with Crippen LogP contribution in [0.5, 0.6) is 0 Å². The standard InChI is InChI=1S/C19H17Cl2F2IN5OP/c20-7-14-13-10-27(16-8-25-29(31-24)19(30)17(16)21)6-5-15(13)28(26-14)9-11-3-1-2-4-12(11)18(22)23/h1-4,8,18,31H,5-7,9-10H2. The fourth-order valence-corrected chi connectivity index (χ4v) is 5.62. The molecule has 2 aromatic heterocycles. The molecule has 0 aliphatic carbocycles. The Bertz CT molecular complexity index is 1170. The van der Waals surface area contributed by atoms with Gasteiger partial charge in [-0.3, -0.25) is 9.48 Å². The van der Waals surface area contributed by atoms with E-state index in [0.29, 0.717) is 36.5 Å². The summed E-state index contributed by atoms with van der Waals surface area (Å²) in [5, 5.41) is 8.92. The highest BCUT2D eigenvalue weighted by atomic mass is 127. The number of fused-ring (bicyclic) bond motifs is 1. The van der Waals surface area contributed by atoms with Crippen LogP contribution in [-0.2, 0) is 25.4 Å². The highest BCUT2D eigenvalue weighted by Crippen LogP contribution is 2.32. The van der Waals surface area contributed by atoms with Crippen LogP contribution >= 0.6 is 51.6 Å².